The molecular weight excluding hydrogens is 272 g/mol. The van der Waals surface area contributed by atoms with E-state index in [1.807, 2.05) is 37.4 Å². The maximum atomic E-state index is 12.3. The van der Waals surface area contributed by atoms with Gasteiger partial charge >= 0.3 is 0 Å². The Balaban J connectivity index is 2.07. The van der Waals surface area contributed by atoms with Crippen molar-refractivity contribution in [2.45, 2.75) is 18.9 Å². The lowest BCUT2D eigenvalue weighted by Gasteiger charge is -2.34. The molecule has 1 atom stereocenters. The first-order chi connectivity index (χ1) is 9.49. The fourth-order valence-electron chi connectivity index (χ4n) is 2.47. The zero-order valence-electron chi connectivity index (χ0n) is 12.1. The van der Waals surface area contributed by atoms with Crippen LogP contribution in [-0.2, 0) is 10.0 Å². The number of nitrogens with zero attached hydrogens (tertiary/aromatic N) is 2. The van der Waals surface area contributed by atoms with Crippen molar-refractivity contribution in [2.75, 3.05) is 27.2 Å². The summed E-state index contributed by atoms with van der Waals surface area (Å²) >= 11 is 0. The van der Waals surface area contributed by atoms with E-state index in [0.29, 0.717) is 0 Å². The minimum atomic E-state index is -3.36. The highest BCUT2D eigenvalue weighted by Gasteiger charge is 2.27. The van der Waals surface area contributed by atoms with Crippen LogP contribution in [0, 0.1) is 0 Å². The van der Waals surface area contributed by atoms with Gasteiger partial charge in [0.1, 0.15) is 0 Å². The summed E-state index contributed by atoms with van der Waals surface area (Å²) in [7, 11) is 0.354. The van der Waals surface area contributed by atoms with Crippen LogP contribution in [0.3, 0.4) is 0 Å². The van der Waals surface area contributed by atoms with Crippen LogP contribution in [0.25, 0.3) is 6.08 Å². The second-order valence-electron chi connectivity index (χ2n) is 5.33. The summed E-state index contributed by atoms with van der Waals surface area (Å²) in [6, 6.07) is 9.55. The van der Waals surface area contributed by atoms with E-state index in [0.717, 1.165) is 31.5 Å². The summed E-state index contributed by atoms with van der Waals surface area (Å²) in [6.45, 7) is 1.85. The number of hydrogen-bond acceptors (Lipinski definition) is 3. The van der Waals surface area contributed by atoms with E-state index in [9.17, 15) is 8.42 Å². The average Bonchev–Trinajstić information content (AvgIpc) is 2.45. The molecule has 0 amide bonds. The molecule has 1 aliphatic heterocycles. The number of piperidine rings is 1. The molecule has 0 spiro atoms. The molecule has 1 aromatic rings. The SMILES string of the molecule is CN1CCC[C@@H](N(C)S(=O)(=O)/C=C/c2ccccc2)C1. The Morgan fingerprint density at radius 1 is 1.30 bits per heavy atom. The molecule has 2 rings (SSSR count). The van der Waals surface area contributed by atoms with E-state index in [1.54, 1.807) is 13.1 Å². The standard InChI is InChI=1S/C15H22N2O2S/c1-16-11-6-9-15(13-16)17(2)20(18,19)12-10-14-7-4-3-5-8-14/h3-5,7-8,10,12,15H,6,9,11,13H2,1-2H3/b12-10+/t15-/m1/s1. The molecule has 5 heteroatoms. The summed E-state index contributed by atoms with van der Waals surface area (Å²) in [6.07, 6.45) is 3.63. The van der Waals surface area contributed by atoms with Gasteiger partial charge in [-0.1, -0.05) is 30.3 Å². The van der Waals surface area contributed by atoms with Crippen molar-refractivity contribution in [3.05, 3.63) is 41.3 Å². The monoisotopic (exact) mass is 294 g/mol. The maximum absolute atomic E-state index is 12.3. The fraction of sp³-hybridized carbons (Fsp3) is 0.467. The van der Waals surface area contributed by atoms with E-state index in [-0.39, 0.29) is 6.04 Å². The zero-order valence-corrected chi connectivity index (χ0v) is 12.9. The second kappa shape index (κ2) is 6.52. The van der Waals surface area contributed by atoms with Crippen molar-refractivity contribution in [1.82, 2.24) is 9.21 Å². The van der Waals surface area contributed by atoms with Gasteiger partial charge in [0.15, 0.2) is 0 Å². The number of sulfonamides is 1. The van der Waals surface area contributed by atoms with Gasteiger partial charge in [-0.15, -0.1) is 0 Å². The minimum absolute atomic E-state index is 0.0687. The molecule has 0 aromatic heterocycles. The first-order valence-corrected chi connectivity index (χ1v) is 8.39. The molecular formula is C15H22N2O2S. The van der Waals surface area contributed by atoms with Crippen molar-refractivity contribution < 1.29 is 8.42 Å². The number of likely N-dealkylation sites (tertiary alicyclic amines) is 1. The first-order valence-electron chi connectivity index (χ1n) is 6.89. The van der Waals surface area contributed by atoms with Gasteiger partial charge < -0.3 is 4.90 Å². The lowest BCUT2D eigenvalue weighted by atomic mass is 10.1. The fourth-order valence-corrected chi connectivity index (χ4v) is 3.58. The van der Waals surface area contributed by atoms with Crippen LogP contribution in [0.4, 0.5) is 0 Å². The summed E-state index contributed by atoms with van der Waals surface area (Å²) in [5.74, 6) is 0. The highest BCUT2D eigenvalue weighted by atomic mass is 32.2. The molecule has 0 radical (unpaired) electrons. The van der Waals surface area contributed by atoms with E-state index in [2.05, 4.69) is 4.90 Å². The largest absolute Gasteiger partial charge is 0.305 e. The van der Waals surface area contributed by atoms with Gasteiger partial charge in [0.25, 0.3) is 0 Å². The van der Waals surface area contributed by atoms with Gasteiger partial charge in [-0.05, 0) is 38.1 Å². The molecule has 1 heterocycles. The van der Waals surface area contributed by atoms with Crippen LogP contribution in [-0.4, -0.2) is 50.8 Å². The molecule has 1 saturated heterocycles. The van der Waals surface area contributed by atoms with Gasteiger partial charge in [-0.3, -0.25) is 0 Å². The Bertz CT molecular complexity index is 554. The number of rotatable bonds is 4. The van der Waals surface area contributed by atoms with Gasteiger partial charge in [0.05, 0.1) is 0 Å². The molecule has 110 valence electrons. The third kappa shape index (κ3) is 3.91. The molecule has 0 saturated carbocycles. The van der Waals surface area contributed by atoms with Crippen LogP contribution in [0.1, 0.15) is 18.4 Å². The Morgan fingerprint density at radius 3 is 2.65 bits per heavy atom. The topological polar surface area (TPSA) is 40.6 Å². The van der Waals surface area contributed by atoms with Gasteiger partial charge in [-0.2, -0.15) is 4.31 Å². The van der Waals surface area contributed by atoms with Crippen molar-refractivity contribution >= 4 is 16.1 Å². The quantitative estimate of drug-likeness (QED) is 0.853. The van der Waals surface area contributed by atoms with E-state index < -0.39 is 10.0 Å². The molecule has 1 aliphatic rings. The molecule has 0 aliphatic carbocycles. The molecule has 0 N–H and O–H groups in total. The summed E-state index contributed by atoms with van der Waals surface area (Å²) in [5, 5.41) is 1.30. The van der Waals surface area contributed by atoms with Crippen molar-refractivity contribution in [3.63, 3.8) is 0 Å². The molecule has 1 aromatic carbocycles. The van der Waals surface area contributed by atoms with Crippen molar-refractivity contribution in [1.29, 1.82) is 0 Å². The lowest BCUT2D eigenvalue weighted by molar-refractivity contribution is 0.188. The van der Waals surface area contributed by atoms with Crippen LogP contribution in [0.2, 0.25) is 0 Å². The summed E-state index contributed by atoms with van der Waals surface area (Å²) in [5.41, 5.74) is 0.894. The molecule has 20 heavy (non-hydrogen) atoms. The number of likely N-dealkylation sites (N-methyl/N-ethyl adjacent to an activating group) is 2. The minimum Gasteiger partial charge on any atom is -0.305 e. The third-order valence-electron chi connectivity index (χ3n) is 3.75. The van der Waals surface area contributed by atoms with Crippen LogP contribution in [0.15, 0.2) is 35.7 Å². The molecule has 4 nitrogen and oxygen atoms in total. The van der Waals surface area contributed by atoms with Crippen LogP contribution in [0.5, 0.6) is 0 Å². The third-order valence-corrected chi connectivity index (χ3v) is 5.33. The molecule has 0 bridgehead atoms. The molecule has 0 unspecified atom stereocenters. The van der Waals surface area contributed by atoms with Gasteiger partial charge in [-0.25, -0.2) is 8.42 Å². The van der Waals surface area contributed by atoms with Crippen LogP contribution >= 0.6 is 0 Å². The predicted molar refractivity (Wildman–Crippen MR) is 82.7 cm³/mol. The van der Waals surface area contributed by atoms with Crippen molar-refractivity contribution in [2.24, 2.45) is 0 Å². The second-order valence-corrected chi connectivity index (χ2v) is 7.21. The normalized spacial score (nSPS) is 21.6. The number of benzene rings is 1. The highest BCUT2D eigenvalue weighted by molar-refractivity contribution is 7.92. The van der Waals surface area contributed by atoms with E-state index >= 15 is 0 Å². The summed E-state index contributed by atoms with van der Waals surface area (Å²) < 4.78 is 26.2. The molecule has 1 fully saturated rings. The predicted octanol–water partition coefficient (Wildman–Crippen LogP) is 2.01. The zero-order chi connectivity index (χ0) is 14.6. The van der Waals surface area contributed by atoms with Gasteiger partial charge in [0, 0.05) is 25.0 Å². The van der Waals surface area contributed by atoms with E-state index in [1.165, 1.54) is 9.71 Å². The first kappa shape index (κ1) is 15.2. The van der Waals surface area contributed by atoms with Gasteiger partial charge in [0.2, 0.25) is 10.0 Å². The Hall–Kier alpha value is -1.17. The summed E-state index contributed by atoms with van der Waals surface area (Å²) in [4.78, 5) is 2.18. The average molecular weight is 294 g/mol. The van der Waals surface area contributed by atoms with E-state index in [4.69, 9.17) is 0 Å². The Kier molecular flexibility index (Phi) is 4.96. The Labute approximate surface area is 121 Å². The smallest absolute Gasteiger partial charge is 0.236 e. The van der Waals surface area contributed by atoms with Crippen molar-refractivity contribution in [3.8, 4) is 0 Å². The maximum Gasteiger partial charge on any atom is 0.236 e. The lowest BCUT2D eigenvalue weighted by Crippen LogP contribution is -2.46. The highest BCUT2D eigenvalue weighted by Crippen LogP contribution is 2.17. The number of hydrogen-bond donors (Lipinski definition) is 0. The Morgan fingerprint density at radius 2 is 2.00 bits per heavy atom. The van der Waals surface area contributed by atoms with Crippen LogP contribution < -0.4 is 0 Å².